The Kier molecular flexibility index (Phi) is 2.95. The first-order valence-electron chi connectivity index (χ1n) is 1.82. The van der Waals surface area contributed by atoms with Gasteiger partial charge in [0.25, 0.3) is 10.0 Å². The van der Waals surface area contributed by atoms with E-state index in [1.807, 2.05) is 0 Å². The van der Waals surface area contributed by atoms with Crippen LogP contribution in [0.3, 0.4) is 0 Å². The summed E-state index contributed by atoms with van der Waals surface area (Å²) in [5, 5.41) is 0. The highest BCUT2D eigenvalue weighted by Gasteiger charge is 2.22. The van der Waals surface area contributed by atoms with Crippen molar-refractivity contribution in [1.82, 2.24) is 4.89 Å². The summed E-state index contributed by atoms with van der Waals surface area (Å²) >= 11 is 0. The normalized spacial score (nSPS) is 12.4. The molecule has 0 aromatic heterocycles. The van der Waals surface area contributed by atoms with E-state index in [2.05, 4.69) is 4.84 Å². The number of rotatable bonds is 3. The number of hydrogen-bond acceptors (Lipinski definition) is 3. The molecule has 0 heterocycles. The summed E-state index contributed by atoms with van der Waals surface area (Å²) in [6.45, 7) is 0. The van der Waals surface area contributed by atoms with Crippen LogP contribution in [-0.2, 0) is 14.9 Å². The second-order valence-electron chi connectivity index (χ2n) is 1.09. The van der Waals surface area contributed by atoms with Crippen LogP contribution in [0.1, 0.15) is 0 Å². The van der Waals surface area contributed by atoms with Crippen molar-refractivity contribution in [1.29, 1.82) is 0 Å². The first kappa shape index (κ1) is 8.73. The van der Waals surface area contributed by atoms with Crippen molar-refractivity contribution in [3.8, 4) is 0 Å². The summed E-state index contributed by atoms with van der Waals surface area (Å²) < 4.78 is 42.4. The van der Waals surface area contributed by atoms with E-state index in [4.69, 9.17) is 0 Å². The second kappa shape index (κ2) is 3.04. The Hall–Kier alpha value is -0.270. The number of hydrogen-bond donors (Lipinski definition) is 1. The number of nitrogens with one attached hydrogen (secondary N) is 1. The van der Waals surface area contributed by atoms with E-state index in [0.29, 0.717) is 0 Å². The maximum atomic E-state index is 11.3. The number of halogens is 2. The summed E-state index contributed by atoms with van der Waals surface area (Å²) in [7, 11) is -3.62. The van der Waals surface area contributed by atoms with Gasteiger partial charge in [-0.3, -0.25) is 4.84 Å². The van der Waals surface area contributed by atoms with Gasteiger partial charge in [-0.25, -0.2) is 8.42 Å². The molecule has 0 saturated heterocycles. The minimum Gasteiger partial charge on any atom is -0.290 e. The first-order chi connectivity index (χ1) is 4.00. The molecule has 0 bridgehead atoms. The lowest BCUT2D eigenvalue weighted by Crippen LogP contribution is -2.28. The molecule has 0 amide bonds. The Morgan fingerprint density at radius 1 is 1.56 bits per heavy atom. The minimum absolute atomic E-state index is 0.930. The molecule has 0 saturated carbocycles. The SMILES string of the molecule is CONS(=O)(=O)C(F)F. The van der Waals surface area contributed by atoms with E-state index in [1.54, 1.807) is 0 Å². The summed E-state index contributed by atoms with van der Waals surface area (Å²) in [6.07, 6.45) is 0. The molecule has 1 N–H and O–H groups in total. The van der Waals surface area contributed by atoms with Gasteiger partial charge in [0.1, 0.15) is 0 Å². The van der Waals surface area contributed by atoms with Gasteiger partial charge in [0.05, 0.1) is 7.11 Å². The standard InChI is InChI=1S/C2H5F2NO3S/c1-8-5-9(6,7)2(3)4/h2,5H,1H3. The van der Waals surface area contributed by atoms with Gasteiger partial charge in [-0.1, -0.05) is 4.89 Å². The second-order valence-corrected chi connectivity index (χ2v) is 2.71. The third kappa shape index (κ3) is 2.68. The van der Waals surface area contributed by atoms with Gasteiger partial charge < -0.3 is 0 Å². The van der Waals surface area contributed by atoms with Gasteiger partial charge in [0.15, 0.2) is 0 Å². The van der Waals surface area contributed by atoms with Crippen molar-refractivity contribution in [2.75, 3.05) is 7.11 Å². The monoisotopic (exact) mass is 161 g/mol. The lowest BCUT2D eigenvalue weighted by molar-refractivity contribution is 0.138. The fraction of sp³-hybridized carbons (Fsp3) is 1.00. The van der Waals surface area contributed by atoms with Crippen molar-refractivity contribution in [3.63, 3.8) is 0 Å². The molecule has 0 aromatic carbocycles. The van der Waals surface area contributed by atoms with Gasteiger partial charge in [-0.05, 0) is 0 Å². The highest BCUT2D eigenvalue weighted by Crippen LogP contribution is 2.00. The number of sulfonamides is 1. The van der Waals surface area contributed by atoms with Gasteiger partial charge in [-0.15, -0.1) is 0 Å². The van der Waals surface area contributed by atoms with Gasteiger partial charge in [-0.2, -0.15) is 8.78 Å². The zero-order chi connectivity index (χ0) is 7.49. The molecule has 0 rings (SSSR count). The maximum Gasteiger partial charge on any atom is 0.352 e. The molecule has 56 valence electrons. The van der Waals surface area contributed by atoms with Crippen molar-refractivity contribution >= 4 is 10.0 Å². The molecule has 0 spiro atoms. The van der Waals surface area contributed by atoms with E-state index in [0.717, 1.165) is 12.0 Å². The summed E-state index contributed by atoms with van der Waals surface area (Å²) in [5.41, 5.74) is 0. The average Bonchev–Trinajstić information content (AvgIpc) is 1.65. The van der Waals surface area contributed by atoms with Crippen LogP contribution >= 0.6 is 0 Å². The van der Waals surface area contributed by atoms with Crippen molar-refractivity contribution in [3.05, 3.63) is 0 Å². The first-order valence-corrected chi connectivity index (χ1v) is 3.37. The Morgan fingerprint density at radius 2 is 2.00 bits per heavy atom. The predicted molar refractivity (Wildman–Crippen MR) is 25.1 cm³/mol. The molecule has 0 fully saturated rings. The van der Waals surface area contributed by atoms with Gasteiger partial charge >= 0.3 is 5.76 Å². The molecule has 0 aliphatic rings. The Bertz CT molecular complexity index is 165. The third-order valence-electron chi connectivity index (χ3n) is 0.434. The molecule has 0 atom stereocenters. The van der Waals surface area contributed by atoms with E-state index >= 15 is 0 Å². The highest BCUT2D eigenvalue weighted by molar-refractivity contribution is 7.89. The summed E-state index contributed by atoms with van der Waals surface area (Å²) in [5.74, 6) is -3.45. The fourth-order valence-electron chi connectivity index (χ4n) is 0.153. The molecular formula is C2H5F2NO3S. The maximum absolute atomic E-state index is 11.3. The van der Waals surface area contributed by atoms with Crippen LogP contribution in [0, 0.1) is 0 Å². The van der Waals surface area contributed by atoms with Gasteiger partial charge in [0, 0.05) is 0 Å². The van der Waals surface area contributed by atoms with Crippen molar-refractivity contribution in [2.45, 2.75) is 5.76 Å². The third-order valence-corrected chi connectivity index (χ3v) is 1.30. The van der Waals surface area contributed by atoms with E-state index in [9.17, 15) is 17.2 Å². The molecule has 0 aromatic rings. The molecule has 0 aliphatic carbocycles. The van der Waals surface area contributed by atoms with E-state index in [1.165, 1.54) is 0 Å². The molecule has 0 unspecified atom stereocenters. The average molecular weight is 161 g/mol. The minimum atomic E-state index is -4.55. The summed E-state index contributed by atoms with van der Waals surface area (Å²) in [6, 6.07) is 0. The van der Waals surface area contributed by atoms with Crippen LogP contribution < -0.4 is 4.89 Å². The molecule has 4 nitrogen and oxygen atoms in total. The van der Waals surface area contributed by atoms with Crippen LogP contribution in [0.15, 0.2) is 0 Å². The molecular weight excluding hydrogens is 156 g/mol. The smallest absolute Gasteiger partial charge is 0.290 e. The largest absolute Gasteiger partial charge is 0.352 e. The zero-order valence-corrected chi connectivity index (χ0v) is 5.28. The molecule has 7 heteroatoms. The van der Waals surface area contributed by atoms with Crippen LogP contribution in [0.4, 0.5) is 8.78 Å². The Labute approximate surface area is 50.8 Å². The van der Waals surface area contributed by atoms with Crippen molar-refractivity contribution < 1.29 is 22.0 Å². The van der Waals surface area contributed by atoms with Crippen LogP contribution in [-0.4, -0.2) is 21.3 Å². The van der Waals surface area contributed by atoms with Crippen molar-refractivity contribution in [2.24, 2.45) is 0 Å². The van der Waals surface area contributed by atoms with E-state index in [-0.39, 0.29) is 0 Å². The topological polar surface area (TPSA) is 55.4 Å². The summed E-state index contributed by atoms with van der Waals surface area (Å²) in [4.78, 5) is 4.89. The van der Waals surface area contributed by atoms with Gasteiger partial charge in [0.2, 0.25) is 0 Å². The lowest BCUT2D eigenvalue weighted by Gasteiger charge is -1.99. The highest BCUT2D eigenvalue weighted by atomic mass is 32.2. The quantitative estimate of drug-likeness (QED) is 0.577. The predicted octanol–water partition coefficient (Wildman–Crippen LogP) is -0.310. The van der Waals surface area contributed by atoms with E-state index < -0.39 is 15.8 Å². The van der Waals surface area contributed by atoms with Crippen LogP contribution in [0.25, 0.3) is 0 Å². The fourth-order valence-corrected chi connectivity index (χ4v) is 0.458. The van der Waals surface area contributed by atoms with Crippen LogP contribution in [0.5, 0.6) is 0 Å². The molecule has 0 radical (unpaired) electrons. The molecule has 0 aliphatic heterocycles. The molecule has 9 heavy (non-hydrogen) atoms. The zero-order valence-electron chi connectivity index (χ0n) is 4.47. The Morgan fingerprint density at radius 3 is 2.11 bits per heavy atom. The number of alkyl halides is 2. The lowest BCUT2D eigenvalue weighted by atomic mass is 11.7. The van der Waals surface area contributed by atoms with Crippen LogP contribution in [0.2, 0.25) is 0 Å². The Balaban J connectivity index is 4.05.